The van der Waals surface area contributed by atoms with Gasteiger partial charge in [-0.05, 0) is 18.6 Å². The minimum Gasteiger partial charge on any atom is -0.454 e. The summed E-state index contributed by atoms with van der Waals surface area (Å²) in [5, 5.41) is 3.04. The van der Waals surface area contributed by atoms with Gasteiger partial charge < -0.3 is 14.8 Å². The lowest BCUT2D eigenvalue weighted by atomic mass is 10.2. The molecule has 1 N–H and O–H groups in total. The molecule has 13 heavy (non-hydrogen) atoms. The van der Waals surface area contributed by atoms with Crippen LogP contribution >= 0.6 is 11.6 Å². The Balaban J connectivity index is 2.37. The molecule has 1 heterocycles. The molecule has 3 nitrogen and oxygen atoms in total. The highest BCUT2D eigenvalue weighted by Crippen LogP contribution is 2.36. The van der Waals surface area contributed by atoms with Crippen LogP contribution in [-0.4, -0.2) is 12.8 Å². The molecule has 0 fully saturated rings. The molecule has 4 heteroatoms. The summed E-state index contributed by atoms with van der Waals surface area (Å²) in [6.45, 7) is 2.30. The van der Waals surface area contributed by atoms with Crippen LogP contribution in [0.1, 0.15) is 5.56 Å². The summed E-state index contributed by atoms with van der Waals surface area (Å²) in [6, 6.07) is 4.23. The minimum atomic E-state index is 0.305. The molecule has 1 aromatic rings. The van der Waals surface area contributed by atoms with Crippen molar-refractivity contribution in [3.8, 4) is 11.5 Å². The number of rotatable bonds is 2. The molecule has 0 unspecified atom stereocenters. The van der Waals surface area contributed by atoms with Crippen LogP contribution in [0.4, 0.5) is 5.69 Å². The predicted octanol–water partition coefficient (Wildman–Crippen LogP) is 2.33. The van der Waals surface area contributed by atoms with Crippen molar-refractivity contribution in [2.75, 3.05) is 18.1 Å². The van der Waals surface area contributed by atoms with Gasteiger partial charge in [-0.2, -0.15) is 0 Å². The van der Waals surface area contributed by atoms with Crippen molar-refractivity contribution in [3.05, 3.63) is 17.7 Å². The second-order valence-electron chi connectivity index (χ2n) is 2.83. The summed E-state index contributed by atoms with van der Waals surface area (Å²) >= 11 is 5.58. The highest BCUT2D eigenvalue weighted by Gasteiger charge is 2.14. The molecular weight excluding hydrogens is 190 g/mol. The second-order valence-corrected chi connectivity index (χ2v) is 3.10. The van der Waals surface area contributed by atoms with E-state index in [1.807, 2.05) is 19.1 Å². The smallest absolute Gasteiger partial charge is 0.231 e. The number of halogens is 1. The maximum atomic E-state index is 5.58. The van der Waals surface area contributed by atoms with Gasteiger partial charge in [-0.25, -0.2) is 0 Å². The van der Waals surface area contributed by atoms with E-state index in [0.29, 0.717) is 12.8 Å². The number of fused-ring (bicyclic) bond motifs is 1. The lowest BCUT2D eigenvalue weighted by Gasteiger charge is -2.07. The topological polar surface area (TPSA) is 30.5 Å². The number of hydrogen-bond donors (Lipinski definition) is 1. The van der Waals surface area contributed by atoms with Crippen molar-refractivity contribution in [1.82, 2.24) is 0 Å². The molecule has 1 aliphatic heterocycles. The van der Waals surface area contributed by atoms with Crippen molar-refractivity contribution in [1.29, 1.82) is 0 Å². The quantitative estimate of drug-likeness (QED) is 0.586. The van der Waals surface area contributed by atoms with Crippen LogP contribution in [0, 0.1) is 6.92 Å². The number of alkyl halides is 1. The molecule has 0 radical (unpaired) electrons. The Morgan fingerprint density at radius 3 is 2.77 bits per heavy atom. The summed E-state index contributed by atoms with van der Waals surface area (Å²) < 4.78 is 10.5. The van der Waals surface area contributed by atoms with Crippen LogP contribution in [-0.2, 0) is 0 Å². The first-order valence-electron chi connectivity index (χ1n) is 4.01. The van der Waals surface area contributed by atoms with Crippen molar-refractivity contribution in [3.63, 3.8) is 0 Å². The normalized spacial score (nSPS) is 13.1. The van der Waals surface area contributed by atoms with E-state index in [4.69, 9.17) is 21.1 Å². The zero-order valence-electron chi connectivity index (χ0n) is 7.26. The average Bonchev–Trinajstić information content (AvgIpc) is 2.52. The number of hydrogen-bond acceptors (Lipinski definition) is 3. The fourth-order valence-corrected chi connectivity index (χ4v) is 1.45. The first kappa shape index (κ1) is 8.51. The third kappa shape index (κ3) is 1.52. The van der Waals surface area contributed by atoms with Gasteiger partial charge in [-0.3, -0.25) is 0 Å². The molecular formula is C9H10ClNO2. The van der Waals surface area contributed by atoms with Gasteiger partial charge in [-0.15, -0.1) is 11.6 Å². The van der Waals surface area contributed by atoms with Crippen LogP contribution in [0.5, 0.6) is 11.5 Å². The van der Waals surface area contributed by atoms with Gasteiger partial charge in [-0.1, -0.05) is 0 Å². The van der Waals surface area contributed by atoms with Gasteiger partial charge in [0.2, 0.25) is 6.79 Å². The fraction of sp³-hybridized carbons (Fsp3) is 0.333. The summed E-state index contributed by atoms with van der Waals surface area (Å²) in [7, 11) is 0. The monoisotopic (exact) mass is 199 g/mol. The first-order chi connectivity index (χ1) is 6.31. The third-order valence-electron chi connectivity index (χ3n) is 1.98. The van der Waals surface area contributed by atoms with Crippen LogP contribution in [0.3, 0.4) is 0 Å². The minimum absolute atomic E-state index is 0.305. The molecule has 2 rings (SSSR count). The number of aryl methyl sites for hydroxylation is 1. The number of benzene rings is 1. The van der Waals surface area contributed by atoms with Gasteiger partial charge in [0.1, 0.15) is 0 Å². The molecule has 0 bridgehead atoms. The van der Waals surface area contributed by atoms with E-state index in [-0.39, 0.29) is 0 Å². The molecule has 1 aliphatic rings. The van der Waals surface area contributed by atoms with E-state index in [2.05, 4.69) is 5.32 Å². The Kier molecular flexibility index (Phi) is 2.19. The van der Waals surface area contributed by atoms with E-state index in [1.165, 1.54) is 0 Å². The standard InChI is InChI=1S/C9H10ClNO2/c1-6-2-8-9(13-5-12-8)3-7(6)11-4-10/h2-3,11H,4-5H2,1H3. The Morgan fingerprint density at radius 2 is 2.08 bits per heavy atom. The Bertz CT molecular complexity index is 328. The molecule has 0 aromatic heterocycles. The molecule has 0 atom stereocenters. The first-order valence-corrected chi connectivity index (χ1v) is 4.55. The van der Waals surface area contributed by atoms with Gasteiger partial charge >= 0.3 is 0 Å². The van der Waals surface area contributed by atoms with Crippen molar-refractivity contribution in [2.45, 2.75) is 6.92 Å². The van der Waals surface area contributed by atoms with Crippen LogP contribution in [0.25, 0.3) is 0 Å². The second kappa shape index (κ2) is 3.34. The van der Waals surface area contributed by atoms with Crippen LogP contribution < -0.4 is 14.8 Å². The van der Waals surface area contributed by atoms with Crippen molar-refractivity contribution in [2.24, 2.45) is 0 Å². The summed E-state index contributed by atoms with van der Waals surface area (Å²) in [5.41, 5.74) is 2.09. The van der Waals surface area contributed by atoms with Gasteiger partial charge in [0.25, 0.3) is 0 Å². The molecule has 0 spiro atoms. The van der Waals surface area contributed by atoms with Gasteiger partial charge in [0.05, 0.1) is 6.00 Å². The van der Waals surface area contributed by atoms with Crippen LogP contribution in [0.15, 0.2) is 12.1 Å². The van der Waals surface area contributed by atoms with E-state index in [9.17, 15) is 0 Å². The summed E-state index contributed by atoms with van der Waals surface area (Å²) in [6.07, 6.45) is 0. The third-order valence-corrected chi connectivity index (χ3v) is 2.11. The van der Waals surface area contributed by atoms with E-state index >= 15 is 0 Å². The summed E-state index contributed by atoms with van der Waals surface area (Å²) in [5.74, 6) is 1.58. The summed E-state index contributed by atoms with van der Waals surface area (Å²) in [4.78, 5) is 0. The zero-order chi connectivity index (χ0) is 9.26. The van der Waals surface area contributed by atoms with E-state index in [0.717, 1.165) is 22.7 Å². The molecule has 0 amide bonds. The van der Waals surface area contributed by atoms with Gasteiger partial charge in [0.15, 0.2) is 11.5 Å². The molecule has 0 aliphatic carbocycles. The SMILES string of the molecule is Cc1cc2c(cc1NCCl)OCO2. The van der Waals surface area contributed by atoms with Crippen molar-refractivity contribution >= 4 is 17.3 Å². The van der Waals surface area contributed by atoms with Crippen molar-refractivity contribution < 1.29 is 9.47 Å². The number of ether oxygens (including phenoxy) is 2. The van der Waals surface area contributed by atoms with Gasteiger partial charge in [0, 0.05) is 11.8 Å². The molecule has 70 valence electrons. The molecule has 1 aromatic carbocycles. The highest BCUT2D eigenvalue weighted by molar-refractivity contribution is 6.18. The predicted molar refractivity (Wildman–Crippen MR) is 51.6 cm³/mol. The lowest BCUT2D eigenvalue weighted by molar-refractivity contribution is 0.174. The highest BCUT2D eigenvalue weighted by atomic mass is 35.5. The zero-order valence-corrected chi connectivity index (χ0v) is 8.02. The molecule has 0 saturated carbocycles. The fourth-order valence-electron chi connectivity index (χ4n) is 1.31. The Morgan fingerprint density at radius 1 is 1.38 bits per heavy atom. The Labute approximate surface area is 81.6 Å². The maximum absolute atomic E-state index is 5.58. The average molecular weight is 200 g/mol. The van der Waals surface area contributed by atoms with Crippen LogP contribution in [0.2, 0.25) is 0 Å². The lowest BCUT2D eigenvalue weighted by Crippen LogP contribution is -1.96. The van der Waals surface area contributed by atoms with E-state index in [1.54, 1.807) is 0 Å². The number of anilines is 1. The number of nitrogens with one attached hydrogen (secondary N) is 1. The maximum Gasteiger partial charge on any atom is 0.231 e. The Hall–Kier alpha value is -1.09. The van der Waals surface area contributed by atoms with E-state index < -0.39 is 0 Å². The largest absolute Gasteiger partial charge is 0.454 e. The molecule has 0 saturated heterocycles.